The van der Waals surface area contributed by atoms with E-state index < -0.39 is 0 Å². The van der Waals surface area contributed by atoms with Crippen molar-refractivity contribution in [2.24, 2.45) is 0 Å². The molecule has 1 aromatic carbocycles. The van der Waals surface area contributed by atoms with Crippen molar-refractivity contribution in [3.8, 4) is 5.75 Å². The molecule has 3 nitrogen and oxygen atoms in total. The minimum absolute atomic E-state index is 0.701. The van der Waals surface area contributed by atoms with Gasteiger partial charge in [0.2, 0.25) is 0 Å². The highest BCUT2D eigenvalue weighted by Gasteiger charge is 2.06. The predicted molar refractivity (Wildman–Crippen MR) is 87.9 cm³/mol. The molecule has 0 spiro atoms. The lowest BCUT2D eigenvalue weighted by Crippen LogP contribution is -2.20. The number of likely N-dealkylation sites (N-methyl/N-ethyl adjacent to an activating group) is 1. The molecule has 0 fully saturated rings. The average molecular weight is 290 g/mol. The second kappa shape index (κ2) is 7.20. The molecule has 108 valence electrons. The maximum absolute atomic E-state index is 5.94. The van der Waals surface area contributed by atoms with Gasteiger partial charge in [-0.05, 0) is 36.4 Å². The van der Waals surface area contributed by atoms with Crippen LogP contribution in [-0.4, -0.2) is 20.2 Å². The molecule has 0 unspecified atom stereocenters. The Kier molecular flexibility index (Phi) is 5.30. The van der Waals surface area contributed by atoms with Crippen LogP contribution in [0.1, 0.15) is 18.2 Å². The van der Waals surface area contributed by atoms with Crippen LogP contribution in [0.2, 0.25) is 0 Å². The predicted octanol–water partition coefficient (Wildman–Crippen LogP) is 3.80. The molecule has 0 saturated heterocycles. The number of nitrogen functional groups attached to an aromatic ring is 1. The molecule has 0 bridgehead atoms. The van der Waals surface area contributed by atoms with Gasteiger partial charge >= 0.3 is 0 Å². The zero-order valence-corrected chi connectivity index (χ0v) is 13.0. The first-order valence-corrected chi connectivity index (χ1v) is 7.84. The van der Waals surface area contributed by atoms with Crippen LogP contribution in [-0.2, 0) is 6.42 Å². The van der Waals surface area contributed by atoms with E-state index in [9.17, 15) is 0 Å². The van der Waals surface area contributed by atoms with Crippen LogP contribution in [0.4, 0.5) is 11.4 Å². The monoisotopic (exact) mass is 290 g/mol. The van der Waals surface area contributed by atoms with Crippen molar-refractivity contribution in [2.75, 3.05) is 30.8 Å². The van der Waals surface area contributed by atoms with Gasteiger partial charge in [0.05, 0.1) is 12.3 Å². The summed E-state index contributed by atoms with van der Waals surface area (Å²) >= 11 is 1.81. The minimum Gasteiger partial charge on any atom is -0.491 e. The van der Waals surface area contributed by atoms with Crippen molar-refractivity contribution in [3.63, 3.8) is 0 Å². The summed E-state index contributed by atoms with van der Waals surface area (Å²) in [6.45, 7) is 3.78. The minimum atomic E-state index is 0.701. The summed E-state index contributed by atoms with van der Waals surface area (Å²) in [5.41, 5.74) is 7.78. The fraction of sp³-hybridized carbons (Fsp3) is 0.375. The summed E-state index contributed by atoms with van der Waals surface area (Å²) in [4.78, 5) is 3.65. The fourth-order valence-electron chi connectivity index (χ4n) is 1.96. The van der Waals surface area contributed by atoms with Gasteiger partial charge in [0.25, 0.3) is 0 Å². The average Bonchev–Trinajstić information content (AvgIpc) is 2.97. The Morgan fingerprint density at radius 2 is 2.15 bits per heavy atom. The molecular weight excluding hydrogens is 268 g/mol. The first kappa shape index (κ1) is 14.7. The van der Waals surface area contributed by atoms with Gasteiger partial charge in [-0.3, -0.25) is 0 Å². The molecule has 1 aromatic heterocycles. The standard InChI is InChI=1S/C16H22N2OS/c1-3-10-19-16-12-13(6-7-15(16)17)18(2)9-8-14-5-4-11-20-14/h4-7,11-12H,3,8-10,17H2,1-2H3. The van der Waals surface area contributed by atoms with Crippen LogP contribution in [0.5, 0.6) is 5.75 Å². The van der Waals surface area contributed by atoms with Gasteiger partial charge in [-0.2, -0.15) is 0 Å². The van der Waals surface area contributed by atoms with Crippen molar-refractivity contribution in [3.05, 3.63) is 40.6 Å². The Labute approximate surface area is 125 Å². The van der Waals surface area contributed by atoms with E-state index in [1.54, 1.807) is 11.3 Å². The van der Waals surface area contributed by atoms with Gasteiger partial charge in [-0.25, -0.2) is 0 Å². The number of benzene rings is 1. The van der Waals surface area contributed by atoms with E-state index in [2.05, 4.69) is 36.4 Å². The summed E-state index contributed by atoms with van der Waals surface area (Å²) < 4.78 is 5.68. The smallest absolute Gasteiger partial charge is 0.144 e. The van der Waals surface area contributed by atoms with E-state index in [0.717, 1.165) is 30.8 Å². The Balaban J connectivity index is 1.99. The van der Waals surface area contributed by atoms with Crippen LogP contribution in [0.25, 0.3) is 0 Å². The highest BCUT2D eigenvalue weighted by Crippen LogP contribution is 2.27. The molecule has 0 aliphatic heterocycles. The molecule has 0 atom stereocenters. The lowest BCUT2D eigenvalue weighted by molar-refractivity contribution is 0.319. The van der Waals surface area contributed by atoms with E-state index in [-0.39, 0.29) is 0 Å². The Morgan fingerprint density at radius 1 is 1.30 bits per heavy atom. The molecule has 0 radical (unpaired) electrons. The van der Waals surface area contributed by atoms with Crippen molar-refractivity contribution >= 4 is 22.7 Å². The maximum atomic E-state index is 5.94. The topological polar surface area (TPSA) is 38.5 Å². The number of thiophene rings is 1. The van der Waals surface area contributed by atoms with E-state index >= 15 is 0 Å². The summed E-state index contributed by atoms with van der Waals surface area (Å²) in [5, 5.41) is 2.12. The van der Waals surface area contributed by atoms with Crippen LogP contribution >= 0.6 is 11.3 Å². The molecule has 4 heteroatoms. The third-order valence-electron chi connectivity index (χ3n) is 3.17. The molecule has 0 amide bonds. The van der Waals surface area contributed by atoms with Crippen molar-refractivity contribution in [2.45, 2.75) is 19.8 Å². The zero-order valence-electron chi connectivity index (χ0n) is 12.1. The molecule has 0 saturated carbocycles. The van der Waals surface area contributed by atoms with E-state index in [1.165, 1.54) is 4.88 Å². The molecule has 0 aliphatic carbocycles. The largest absolute Gasteiger partial charge is 0.491 e. The molecule has 2 rings (SSSR count). The highest BCUT2D eigenvalue weighted by atomic mass is 32.1. The second-order valence-electron chi connectivity index (χ2n) is 4.82. The Hall–Kier alpha value is -1.68. The van der Waals surface area contributed by atoms with Crippen LogP contribution < -0.4 is 15.4 Å². The number of nitrogens with zero attached hydrogens (tertiary/aromatic N) is 1. The summed E-state index contributed by atoms with van der Waals surface area (Å²) in [6.07, 6.45) is 2.04. The number of rotatable bonds is 7. The van der Waals surface area contributed by atoms with Crippen molar-refractivity contribution in [1.82, 2.24) is 0 Å². The molecule has 2 N–H and O–H groups in total. The van der Waals surface area contributed by atoms with Crippen molar-refractivity contribution in [1.29, 1.82) is 0 Å². The molecular formula is C16H22N2OS. The van der Waals surface area contributed by atoms with E-state index in [4.69, 9.17) is 10.5 Å². The van der Waals surface area contributed by atoms with Gasteiger partial charge in [0.15, 0.2) is 0 Å². The van der Waals surface area contributed by atoms with Crippen LogP contribution in [0, 0.1) is 0 Å². The van der Waals surface area contributed by atoms with Crippen molar-refractivity contribution < 1.29 is 4.74 Å². The van der Waals surface area contributed by atoms with E-state index in [1.807, 2.05) is 18.2 Å². The lowest BCUT2D eigenvalue weighted by Gasteiger charge is -2.20. The Morgan fingerprint density at radius 3 is 2.85 bits per heavy atom. The maximum Gasteiger partial charge on any atom is 0.144 e. The summed E-state index contributed by atoms with van der Waals surface area (Å²) in [7, 11) is 2.10. The number of anilines is 2. The normalized spacial score (nSPS) is 10.5. The second-order valence-corrected chi connectivity index (χ2v) is 5.85. The number of hydrogen-bond acceptors (Lipinski definition) is 4. The molecule has 0 aliphatic rings. The first-order chi connectivity index (χ1) is 9.70. The van der Waals surface area contributed by atoms with Gasteiger partial charge in [0, 0.05) is 30.2 Å². The van der Waals surface area contributed by atoms with Gasteiger partial charge in [-0.1, -0.05) is 13.0 Å². The molecule has 20 heavy (non-hydrogen) atoms. The fourth-order valence-corrected chi connectivity index (χ4v) is 2.66. The third kappa shape index (κ3) is 3.90. The molecule has 1 heterocycles. The van der Waals surface area contributed by atoms with Gasteiger partial charge in [-0.15, -0.1) is 11.3 Å². The van der Waals surface area contributed by atoms with Gasteiger partial charge in [0.1, 0.15) is 5.75 Å². The number of hydrogen-bond donors (Lipinski definition) is 1. The Bertz CT molecular complexity index is 525. The van der Waals surface area contributed by atoms with Gasteiger partial charge < -0.3 is 15.4 Å². The number of ether oxygens (including phenoxy) is 1. The molecule has 2 aromatic rings. The number of nitrogens with two attached hydrogens (primary N) is 1. The highest BCUT2D eigenvalue weighted by molar-refractivity contribution is 7.09. The van der Waals surface area contributed by atoms with Crippen LogP contribution in [0.15, 0.2) is 35.7 Å². The zero-order chi connectivity index (χ0) is 14.4. The lowest BCUT2D eigenvalue weighted by atomic mass is 10.2. The SMILES string of the molecule is CCCOc1cc(N(C)CCc2cccs2)ccc1N. The summed E-state index contributed by atoms with van der Waals surface area (Å²) in [5.74, 6) is 0.785. The third-order valence-corrected chi connectivity index (χ3v) is 4.11. The summed E-state index contributed by atoms with van der Waals surface area (Å²) in [6, 6.07) is 10.3. The quantitative estimate of drug-likeness (QED) is 0.788. The first-order valence-electron chi connectivity index (χ1n) is 6.96. The van der Waals surface area contributed by atoms with Crippen LogP contribution in [0.3, 0.4) is 0 Å². The van der Waals surface area contributed by atoms with E-state index in [0.29, 0.717) is 12.3 Å².